The van der Waals surface area contributed by atoms with Gasteiger partial charge in [0.1, 0.15) is 0 Å². The number of aromatic nitrogens is 2. The molecule has 4 nitrogen and oxygen atoms in total. The molecular weight excluding hydrogens is 272 g/mol. The molecule has 0 unspecified atom stereocenters. The van der Waals surface area contributed by atoms with E-state index >= 15 is 0 Å². The van der Waals surface area contributed by atoms with Crippen LogP contribution in [-0.2, 0) is 0 Å². The summed E-state index contributed by atoms with van der Waals surface area (Å²) in [6.45, 7) is 0. The maximum atomic E-state index is 13.2. The molecule has 0 saturated heterocycles. The van der Waals surface area contributed by atoms with Crippen LogP contribution in [0.4, 0.5) is 14.5 Å². The minimum atomic E-state index is -1.01. The van der Waals surface area contributed by atoms with Crippen molar-refractivity contribution >= 4 is 17.0 Å². The zero-order valence-corrected chi connectivity index (χ0v) is 10.2. The molecule has 2 N–H and O–H groups in total. The summed E-state index contributed by atoms with van der Waals surface area (Å²) in [6.07, 6.45) is 0. The van der Waals surface area contributed by atoms with Gasteiger partial charge in [-0.1, -0.05) is 5.16 Å². The van der Waals surface area contributed by atoms with Gasteiger partial charge in [0.15, 0.2) is 11.6 Å². The zero-order chi connectivity index (χ0) is 13.4. The lowest BCUT2D eigenvalue weighted by Crippen LogP contribution is -1.94. The van der Waals surface area contributed by atoms with Gasteiger partial charge < -0.3 is 10.3 Å². The van der Waals surface area contributed by atoms with Crippen molar-refractivity contribution in [2.24, 2.45) is 0 Å². The second kappa shape index (κ2) is 4.43. The van der Waals surface area contributed by atoms with Gasteiger partial charge in [0.25, 0.3) is 5.89 Å². The van der Waals surface area contributed by atoms with Crippen LogP contribution in [0.5, 0.6) is 0 Å². The first-order chi connectivity index (χ1) is 9.15. The molecule has 0 aliphatic rings. The second-order valence-corrected chi connectivity index (χ2v) is 4.57. The van der Waals surface area contributed by atoms with Crippen LogP contribution >= 0.6 is 11.3 Å². The van der Waals surface area contributed by atoms with E-state index in [1.54, 1.807) is 0 Å². The maximum Gasteiger partial charge on any atom is 0.260 e. The number of anilines is 1. The number of nitrogens with zero attached hydrogens (tertiary/aromatic N) is 2. The van der Waals surface area contributed by atoms with Crippen molar-refractivity contribution < 1.29 is 13.3 Å². The van der Waals surface area contributed by atoms with E-state index in [1.165, 1.54) is 11.3 Å². The van der Waals surface area contributed by atoms with E-state index in [2.05, 4.69) is 10.1 Å². The van der Waals surface area contributed by atoms with Crippen molar-refractivity contribution in [1.29, 1.82) is 0 Å². The zero-order valence-electron chi connectivity index (χ0n) is 9.43. The highest BCUT2D eigenvalue weighted by molar-refractivity contribution is 7.08. The average Bonchev–Trinajstić information content (AvgIpc) is 3.03. The van der Waals surface area contributed by atoms with Crippen molar-refractivity contribution in [1.82, 2.24) is 10.1 Å². The fraction of sp³-hybridized carbons (Fsp3) is 0. The van der Waals surface area contributed by atoms with Crippen molar-refractivity contribution in [3.63, 3.8) is 0 Å². The number of benzene rings is 1. The molecule has 7 heteroatoms. The third kappa shape index (κ3) is 2.08. The van der Waals surface area contributed by atoms with Crippen LogP contribution in [0, 0.1) is 11.6 Å². The van der Waals surface area contributed by atoms with E-state index in [4.69, 9.17) is 10.3 Å². The SMILES string of the molecule is Nc1cc(F)c(F)cc1-c1nc(-c2ccsc2)no1. The highest BCUT2D eigenvalue weighted by Gasteiger charge is 2.16. The first kappa shape index (κ1) is 11.8. The maximum absolute atomic E-state index is 13.2. The Morgan fingerprint density at radius 1 is 1.21 bits per heavy atom. The van der Waals surface area contributed by atoms with E-state index in [1.807, 2.05) is 16.8 Å². The van der Waals surface area contributed by atoms with Crippen molar-refractivity contribution in [2.45, 2.75) is 0 Å². The predicted molar refractivity (Wildman–Crippen MR) is 67.4 cm³/mol. The van der Waals surface area contributed by atoms with Crippen LogP contribution in [0.2, 0.25) is 0 Å². The quantitative estimate of drug-likeness (QED) is 0.731. The van der Waals surface area contributed by atoms with Gasteiger partial charge in [-0.15, -0.1) is 0 Å². The van der Waals surface area contributed by atoms with Gasteiger partial charge in [-0.05, 0) is 17.5 Å². The molecule has 2 heterocycles. The van der Waals surface area contributed by atoms with Gasteiger partial charge in [0.2, 0.25) is 5.82 Å². The van der Waals surface area contributed by atoms with Gasteiger partial charge >= 0.3 is 0 Å². The lowest BCUT2D eigenvalue weighted by molar-refractivity contribution is 0.431. The molecule has 0 bridgehead atoms. The van der Waals surface area contributed by atoms with E-state index < -0.39 is 11.6 Å². The molecule has 3 aromatic rings. The van der Waals surface area contributed by atoms with Gasteiger partial charge in [0.05, 0.1) is 5.56 Å². The summed E-state index contributed by atoms with van der Waals surface area (Å²) in [6, 6.07) is 3.66. The molecule has 0 amide bonds. The highest BCUT2D eigenvalue weighted by atomic mass is 32.1. The Morgan fingerprint density at radius 3 is 2.74 bits per heavy atom. The number of nitrogen functional groups attached to an aromatic ring is 1. The summed E-state index contributed by atoms with van der Waals surface area (Å²) in [5.41, 5.74) is 6.63. The Kier molecular flexibility index (Phi) is 2.75. The summed E-state index contributed by atoms with van der Waals surface area (Å²) in [5.74, 6) is -1.60. The molecule has 19 heavy (non-hydrogen) atoms. The Bertz CT molecular complexity index is 725. The molecule has 0 spiro atoms. The summed E-state index contributed by atoms with van der Waals surface area (Å²) >= 11 is 1.49. The summed E-state index contributed by atoms with van der Waals surface area (Å²) in [5, 5.41) is 7.50. The van der Waals surface area contributed by atoms with Gasteiger partial charge in [-0.2, -0.15) is 16.3 Å². The monoisotopic (exact) mass is 279 g/mol. The Hall–Kier alpha value is -2.28. The van der Waals surface area contributed by atoms with E-state index in [9.17, 15) is 8.78 Å². The van der Waals surface area contributed by atoms with Crippen LogP contribution in [0.25, 0.3) is 22.8 Å². The number of hydrogen-bond acceptors (Lipinski definition) is 5. The number of rotatable bonds is 2. The molecule has 0 radical (unpaired) electrons. The van der Waals surface area contributed by atoms with Crippen molar-refractivity contribution in [2.75, 3.05) is 5.73 Å². The first-order valence-electron chi connectivity index (χ1n) is 5.26. The van der Waals surface area contributed by atoms with Gasteiger partial charge in [-0.25, -0.2) is 8.78 Å². The molecular formula is C12H7F2N3OS. The fourth-order valence-electron chi connectivity index (χ4n) is 1.59. The van der Waals surface area contributed by atoms with E-state index in [0.29, 0.717) is 5.82 Å². The minimum Gasteiger partial charge on any atom is -0.398 e. The number of hydrogen-bond donors (Lipinski definition) is 1. The van der Waals surface area contributed by atoms with E-state index in [-0.39, 0.29) is 17.1 Å². The first-order valence-corrected chi connectivity index (χ1v) is 6.20. The standard InChI is InChI=1S/C12H7F2N3OS/c13-8-3-7(10(15)4-9(8)14)12-16-11(17-18-12)6-1-2-19-5-6/h1-5H,15H2. The Morgan fingerprint density at radius 2 is 2.00 bits per heavy atom. The summed E-state index contributed by atoms with van der Waals surface area (Å²) in [4.78, 5) is 4.11. The normalized spacial score (nSPS) is 10.8. The van der Waals surface area contributed by atoms with Crippen molar-refractivity contribution in [3.05, 3.63) is 40.6 Å². The fourth-order valence-corrected chi connectivity index (χ4v) is 2.22. The molecule has 0 aliphatic heterocycles. The van der Waals surface area contributed by atoms with Crippen LogP contribution in [0.15, 0.2) is 33.5 Å². The number of halogens is 2. The smallest absolute Gasteiger partial charge is 0.260 e. The average molecular weight is 279 g/mol. The van der Waals surface area contributed by atoms with Crippen LogP contribution in [0.1, 0.15) is 0 Å². The van der Waals surface area contributed by atoms with Gasteiger partial charge in [-0.3, -0.25) is 0 Å². The third-order valence-corrected chi connectivity index (χ3v) is 3.21. The summed E-state index contributed by atoms with van der Waals surface area (Å²) < 4.78 is 31.2. The number of thiophene rings is 1. The molecule has 0 fully saturated rings. The lowest BCUT2D eigenvalue weighted by Gasteiger charge is -2.01. The van der Waals surface area contributed by atoms with Crippen LogP contribution in [-0.4, -0.2) is 10.1 Å². The van der Waals surface area contributed by atoms with Crippen LogP contribution in [0.3, 0.4) is 0 Å². The Balaban J connectivity index is 2.06. The topological polar surface area (TPSA) is 64.9 Å². The predicted octanol–water partition coefficient (Wildman–Crippen LogP) is 3.33. The molecule has 0 saturated carbocycles. The second-order valence-electron chi connectivity index (χ2n) is 3.79. The van der Waals surface area contributed by atoms with E-state index in [0.717, 1.165) is 17.7 Å². The Labute approximate surface area is 110 Å². The largest absolute Gasteiger partial charge is 0.398 e. The minimum absolute atomic E-state index is 0.0411. The molecule has 2 aromatic heterocycles. The molecule has 0 atom stereocenters. The van der Waals surface area contributed by atoms with Gasteiger partial charge in [0, 0.05) is 22.7 Å². The highest BCUT2D eigenvalue weighted by Crippen LogP contribution is 2.29. The third-order valence-electron chi connectivity index (χ3n) is 2.53. The molecule has 3 rings (SSSR count). The molecule has 0 aliphatic carbocycles. The number of nitrogens with two attached hydrogens (primary N) is 1. The lowest BCUT2D eigenvalue weighted by atomic mass is 10.1. The summed E-state index contributed by atoms with van der Waals surface area (Å²) in [7, 11) is 0. The van der Waals surface area contributed by atoms with Crippen molar-refractivity contribution in [3.8, 4) is 22.8 Å². The van der Waals surface area contributed by atoms with Crippen LogP contribution < -0.4 is 5.73 Å². The molecule has 1 aromatic carbocycles. The molecule has 96 valence electrons.